The second-order valence-corrected chi connectivity index (χ2v) is 9.45. The molecule has 13 nitrogen and oxygen atoms in total. The molecule has 2 aromatic rings. The van der Waals surface area contributed by atoms with E-state index in [-0.39, 0.29) is 13.2 Å². The Morgan fingerprint density at radius 2 is 1.10 bits per heavy atom. The van der Waals surface area contributed by atoms with Gasteiger partial charge in [0.25, 0.3) is 0 Å². The van der Waals surface area contributed by atoms with Crippen molar-refractivity contribution in [3.63, 3.8) is 0 Å². The van der Waals surface area contributed by atoms with E-state index in [4.69, 9.17) is 34.7 Å². The standard InChI is InChI=1S/C26H32N6O7/c1-15-19(29-31-27)23(35-13-17-9-5-3-6-10-17)21(33)25(37-15)39-26-22(34)24(20(30-32-28)16(2)38-26)36-14-18-11-7-4-8-12-18/h3-12,15-16,19-26,33-34H,13-14H2,1-2H3/t15-,16-,19-,20-,21+,22+,23+,24+,25-,26-/m1/s1. The molecule has 0 aliphatic carbocycles. The first kappa shape index (κ1) is 28.8. The molecule has 208 valence electrons. The van der Waals surface area contributed by atoms with Crippen molar-refractivity contribution in [3.05, 3.63) is 92.7 Å². The van der Waals surface area contributed by atoms with Gasteiger partial charge in [0, 0.05) is 9.82 Å². The highest BCUT2D eigenvalue weighted by Crippen LogP contribution is 2.32. The SMILES string of the molecule is C[C@H]1O[C@H](O[C@H]2O[C@H](C)[C@@H](N=[N+]=[N-])[C@H](OCc3ccccc3)[C@@H]2O)[C@@H](O)[C@@H](OCc2ccccc2)[C@@H]1N=[N+]=[N-]. The Morgan fingerprint density at radius 3 is 1.46 bits per heavy atom. The minimum absolute atomic E-state index is 0.155. The summed E-state index contributed by atoms with van der Waals surface area (Å²) in [5, 5.41) is 29.9. The van der Waals surface area contributed by atoms with E-state index in [1.54, 1.807) is 13.8 Å². The van der Waals surface area contributed by atoms with Crippen LogP contribution in [0.15, 0.2) is 70.9 Å². The molecule has 2 aromatic carbocycles. The van der Waals surface area contributed by atoms with Gasteiger partial charge < -0.3 is 33.9 Å². The second-order valence-electron chi connectivity index (χ2n) is 9.45. The molecule has 0 amide bonds. The van der Waals surface area contributed by atoms with E-state index < -0.39 is 61.3 Å². The van der Waals surface area contributed by atoms with E-state index in [1.165, 1.54) is 0 Å². The fourth-order valence-corrected chi connectivity index (χ4v) is 4.72. The van der Waals surface area contributed by atoms with E-state index in [1.807, 2.05) is 60.7 Å². The van der Waals surface area contributed by atoms with E-state index in [9.17, 15) is 10.2 Å². The topological polar surface area (TPSA) is 184 Å². The summed E-state index contributed by atoms with van der Waals surface area (Å²) in [5.74, 6) is 0. The molecule has 2 heterocycles. The summed E-state index contributed by atoms with van der Waals surface area (Å²) in [6.45, 7) is 3.65. The summed E-state index contributed by atoms with van der Waals surface area (Å²) in [4.78, 5) is 5.77. The number of nitrogens with zero attached hydrogens (tertiary/aromatic N) is 6. The van der Waals surface area contributed by atoms with Gasteiger partial charge in [-0.15, -0.1) is 0 Å². The van der Waals surface area contributed by atoms with Crippen molar-refractivity contribution in [1.82, 2.24) is 0 Å². The molecular weight excluding hydrogens is 508 g/mol. The summed E-state index contributed by atoms with van der Waals surface area (Å²) >= 11 is 0. The van der Waals surface area contributed by atoms with Crippen molar-refractivity contribution >= 4 is 0 Å². The van der Waals surface area contributed by atoms with Gasteiger partial charge in [0.2, 0.25) is 0 Å². The molecule has 0 spiro atoms. The van der Waals surface area contributed by atoms with E-state index >= 15 is 0 Å². The normalized spacial score (nSPS) is 34.5. The van der Waals surface area contributed by atoms with Crippen LogP contribution in [0.2, 0.25) is 0 Å². The van der Waals surface area contributed by atoms with E-state index in [2.05, 4.69) is 20.1 Å². The number of ether oxygens (including phenoxy) is 5. The van der Waals surface area contributed by atoms with Gasteiger partial charge in [0.15, 0.2) is 12.6 Å². The lowest BCUT2D eigenvalue weighted by molar-refractivity contribution is -0.359. The van der Waals surface area contributed by atoms with E-state index in [0.717, 1.165) is 11.1 Å². The van der Waals surface area contributed by atoms with Crippen LogP contribution >= 0.6 is 0 Å². The largest absolute Gasteiger partial charge is 0.385 e. The maximum Gasteiger partial charge on any atom is 0.189 e. The lowest BCUT2D eigenvalue weighted by atomic mass is 9.96. The third-order valence-corrected chi connectivity index (χ3v) is 6.77. The van der Waals surface area contributed by atoms with Crippen LogP contribution in [0.25, 0.3) is 20.9 Å². The zero-order valence-corrected chi connectivity index (χ0v) is 21.6. The molecule has 2 aliphatic rings. The predicted octanol–water partition coefficient (Wildman–Crippen LogP) is 3.74. The van der Waals surface area contributed by atoms with Crippen LogP contribution in [0.4, 0.5) is 0 Å². The molecular formula is C26H32N6O7. The minimum atomic E-state index is -1.38. The molecule has 0 radical (unpaired) electrons. The molecule has 39 heavy (non-hydrogen) atoms. The lowest BCUT2D eigenvalue weighted by Crippen LogP contribution is -2.62. The van der Waals surface area contributed by atoms with Crippen LogP contribution in [-0.2, 0) is 36.9 Å². The fourth-order valence-electron chi connectivity index (χ4n) is 4.72. The summed E-state index contributed by atoms with van der Waals surface area (Å²) < 4.78 is 29.6. The Morgan fingerprint density at radius 1 is 0.718 bits per heavy atom. The van der Waals surface area contributed by atoms with Gasteiger partial charge in [0.1, 0.15) is 12.2 Å². The van der Waals surface area contributed by atoms with Crippen molar-refractivity contribution in [2.45, 2.75) is 88.3 Å². The summed E-state index contributed by atoms with van der Waals surface area (Å²) in [6.07, 6.45) is -8.64. The van der Waals surface area contributed by atoms with Crippen LogP contribution in [0.3, 0.4) is 0 Å². The van der Waals surface area contributed by atoms with Crippen molar-refractivity contribution in [2.75, 3.05) is 0 Å². The molecule has 13 heteroatoms. The number of rotatable bonds is 10. The number of hydrogen-bond acceptors (Lipinski definition) is 9. The van der Waals surface area contributed by atoms with E-state index in [0.29, 0.717) is 0 Å². The Labute approximate surface area is 225 Å². The first-order valence-electron chi connectivity index (χ1n) is 12.6. The van der Waals surface area contributed by atoms with Crippen molar-refractivity contribution in [3.8, 4) is 0 Å². The Hall–Kier alpha value is -3.22. The average molecular weight is 541 g/mol. The first-order valence-corrected chi connectivity index (χ1v) is 12.6. The Bertz CT molecular complexity index is 1060. The second kappa shape index (κ2) is 13.7. The number of aliphatic hydroxyl groups is 2. The number of hydrogen-bond donors (Lipinski definition) is 2. The highest BCUT2D eigenvalue weighted by atomic mass is 16.8. The molecule has 0 aromatic heterocycles. The molecule has 2 N–H and O–H groups in total. The van der Waals surface area contributed by atoms with Gasteiger partial charge >= 0.3 is 0 Å². The smallest absolute Gasteiger partial charge is 0.189 e. The lowest BCUT2D eigenvalue weighted by Gasteiger charge is -2.46. The molecule has 2 aliphatic heterocycles. The van der Waals surface area contributed by atoms with Crippen LogP contribution in [0, 0.1) is 0 Å². The fraction of sp³-hybridized carbons (Fsp3) is 0.538. The number of benzene rings is 2. The molecule has 2 fully saturated rings. The summed E-state index contributed by atoms with van der Waals surface area (Å²) in [7, 11) is 0. The van der Waals surface area contributed by atoms with Crippen molar-refractivity contribution < 1.29 is 33.9 Å². The highest BCUT2D eigenvalue weighted by molar-refractivity contribution is 5.14. The van der Waals surface area contributed by atoms with Gasteiger partial charge in [-0.25, -0.2) is 0 Å². The van der Waals surface area contributed by atoms with Gasteiger partial charge in [-0.1, -0.05) is 70.9 Å². The summed E-state index contributed by atoms with van der Waals surface area (Å²) in [5.41, 5.74) is 19.9. The van der Waals surface area contributed by atoms with Gasteiger partial charge in [-0.05, 0) is 36.0 Å². The van der Waals surface area contributed by atoms with Crippen LogP contribution in [0.1, 0.15) is 25.0 Å². The van der Waals surface area contributed by atoms with Crippen molar-refractivity contribution in [1.29, 1.82) is 0 Å². The van der Waals surface area contributed by atoms with Crippen LogP contribution in [0.5, 0.6) is 0 Å². The first-order chi connectivity index (χ1) is 18.9. The molecule has 0 bridgehead atoms. The Balaban J connectivity index is 1.49. The average Bonchev–Trinajstić information content (AvgIpc) is 2.94. The highest BCUT2D eigenvalue weighted by Gasteiger charge is 2.50. The maximum atomic E-state index is 11.2. The predicted molar refractivity (Wildman–Crippen MR) is 138 cm³/mol. The van der Waals surface area contributed by atoms with Gasteiger partial charge in [0.05, 0.1) is 49.7 Å². The monoisotopic (exact) mass is 540 g/mol. The molecule has 0 unspecified atom stereocenters. The minimum Gasteiger partial charge on any atom is -0.385 e. The summed E-state index contributed by atoms with van der Waals surface area (Å²) in [6, 6.07) is 17.0. The Kier molecular flexibility index (Phi) is 10.1. The molecule has 2 saturated heterocycles. The quantitative estimate of drug-likeness (QED) is 0.261. The van der Waals surface area contributed by atoms with Crippen LogP contribution in [-0.4, -0.2) is 71.5 Å². The number of aliphatic hydroxyl groups excluding tert-OH is 2. The third kappa shape index (κ3) is 7.06. The van der Waals surface area contributed by atoms with Crippen LogP contribution < -0.4 is 0 Å². The van der Waals surface area contributed by atoms with Gasteiger partial charge in [-0.2, -0.15) is 0 Å². The van der Waals surface area contributed by atoms with Crippen molar-refractivity contribution in [2.24, 2.45) is 10.2 Å². The third-order valence-electron chi connectivity index (χ3n) is 6.77. The zero-order chi connectivity index (χ0) is 27.8. The molecule has 4 rings (SSSR count). The molecule has 0 saturated carbocycles. The maximum absolute atomic E-state index is 11.2. The molecule has 10 atom stereocenters. The van der Waals surface area contributed by atoms with Gasteiger partial charge in [-0.3, -0.25) is 0 Å². The number of azide groups is 2. The zero-order valence-electron chi connectivity index (χ0n) is 21.6.